The molecule has 1 heterocycles. The van der Waals surface area contributed by atoms with E-state index in [0.717, 1.165) is 36.3 Å². The molecule has 3 rings (SSSR count). The molecule has 0 bridgehead atoms. The van der Waals surface area contributed by atoms with Crippen LogP contribution in [-0.2, 0) is 11.3 Å². The van der Waals surface area contributed by atoms with Gasteiger partial charge >= 0.3 is 0 Å². The number of ether oxygens (including phenoxy) is 2. The summed E-state index contributed by atoms with van der Waals surface area (Å²) in [5.74, 6) is 1.53. The Morgan fingerprint density at radius 2 is 2.21 bits per heavy atom. The lowest BCUT2D eigenvalue weighted by Crippen LogP contribution is -2.50. The van der Waals surface area contributed by atoms with Crippen molar-refractivity contribution in [2.75, 3.05) is 13.3 Å². The third-order valence-corrected chi connectivity index (χ3v) is 4.10. The molecule has 0 saturated heterocycles. The molecule has 19 heavy (non-hydrogen) atoms. The second-order valence-corrected chi connectivity index (χ2v) is 5.17. The van der Waals surface area contributed by atoms with E-state index >= 15 is 0 Å². The number of hydrogen-bond donors (Lipinski definition) is 2. The fraction of sp³-hybridized carbons (Fsp3) is 0.500. The zero-order valence-corrected chi connectivity index (χ0v) is 10.8. The maximum atomic E-state index is 12.2. The molecule has 5 heteroatoms. The fourth-order valence-electron chi connectivity index (χ4n) is 2.62. The number of carbonyl (C=O) groups is 1. The van der Waals surface area contributed by atoms with Crippen LogP contribution in [-0.4, -0.2) is 19.2 Å². The molecule has 1 aromatic carbocycles. The van der Waals surface area contributed by atoms with E-state index in [9.17, 15) is 4.79 Å². The van der Waals surface area contributed by atoms with Crippen molar-refractivity contribution in [1.82, 2.24) is 5.32 Å². The van der Waals surface area contributed by atoms with Gasteiger partial charge in [-0.1, -0.05) is 18.6 Å². The second kappa shape index (κ2) is 4.74. The van der Waals surface area contributed by atoms with Gasteiger partial charge in [-0.05, 0) is 18.9 Å². The highest BCUT2D eigenvalue weighted by molar-refractivity contribution is 5.83. The molecule has 1 fully saturated rings. The Kier molecular flexibility index (Phi) is 3.06. The first-order chi connectivity index (χ1) is 9.25. The largest absolute Gasteiger partial charge is 0.454 e. The Morgan fingerprint density at radius 1 is 1.37 bits per heavy atom. The Labute approximate surface area is 112 Å². The van der Waals surface area contributed by atoms with Gasteiger partial charge in [-0.2, -0.15) is 0 Å². The van der Waals surface area contributed by atoms with Crippen LogP contribution in [0.2, 0.25) is 0 Å². The number of amides is 1. The van der Waals surface area contributed by atoms with Crippen LogP contribution >= 0.6 is 0 Å². The van der Waals surface area contributed by atoms with Crippen LogP contribution in [0.15, 0.2) is 18.2 Å². The minimum Gasteiger partial charge on any atom is -0.454 e. The first-order valence-electron chi connectivity index (χ1n) is 6.61. The van der Waals surface area contributed by atoms with Gasteiger partial charge in [0.05, 0.1) is 5.41 Å². The van der Waals surface area contributed by atoms with Gasteiger partial charge in [0, 0.05) is 18.7 Å². The van der Waals surface area contributed by atoms with Crippen LogP contribution in [0.1, 0.15) is 24.8 Å². The van der Waals surface area contributed by atoms with Crippen LogP contribution in [0.4, 0.5) is 0 Å². The summed E-state index contributed by atoms with van der Waals surface area (Å²) in [6.07, 6.45) is 2.87. The molecule has 0 radical (unpaired) electrons. The van der Waals surface area contributed by atoms with E-state index in [1.165, 1.54) is 0 Å². The lowest BCUT2D eigenvalue weighted by atomic mass is 9.68. The van der Waals surface area contributed by atoms with Gasteiger partial charge in [0.2, 0.25) is 12.7 Å². The lowest BCUT2D eigenvalue weighted by Gasteiger charge is -2.39. The van der Waals surface area contributed by atoms with Gasteiger partial charge in [0.15, 0.2) is 11.5 Å². The summed E-state index contributed by atoms with van der Waals surface area (Å²) in [7, 11) is 0. The fourth-order valence-corrected chi connectivity index (χ4v) is 2.62. The van der Waals surface area contributed by atoms with Crippen LogP contribution < -0.4 is 20.5 Å². The number of benzene rings is 1. The monoisotopic (exact) mass is 262 g/mol. The van der Waals surface area contributed by atoms with Gasteiger partial charge < -0.3 is 20.5 Å². The van der Waals surface area contributed by atoms with Gasteiger partial charge in [-0.3, -0.25) is 4.79 Å². The highest BCUT2D eigenvalue weighted by Crippen LogP contribution is 2.40. The number of hydrogen-bond acceptors (Lipinski definition) is 4. The predicted octanol–water partition coefficient (Wildman–Crippen LogP) is 1.16. The Morgan fingerprint density at radius 3 is 2.89 bits per heavy atom. The SMILES string of the molecule is NCC1(C(=O)NCc2cccc3c2OCO3)CCC1. The van der Waals surface area contributed by atoms with Crippen LogP contribution in [0.25, 0.3) is 0 Å². The molecule has 1 aliphatic carbocycles. The van der Waals surface area contributed by atoms with E-state index in [0.29, 0.717) is 13.1 Å². The van der Waals surface area contributed by atoms with Crippen molar-refractivity contribution in [3.8, 4) is 11.5 Å². The van der Waals surface area contributed by atoms with E-state index in [2.05, 4.69) is 5.32 Å². The molecular weight excluding hydrogens is 244 g/mol. The third kappa shape index (κ3) is 2.04. The van der Waals surface area contributed by atoms with Gasteiger partial charge in [0.1, 0.15) is 0 Å². The van der Waals surface area contributed by atoms with Crippen LogP contribution in [0, 0.1) is 5.41 Å². The summed E-state index contributed by atoms with van der Waals surface area (Å²) < 4.78 is 10.7. The molecular formula is C14H18N2O3. The molecule has 5 nitrogen and oxygen atoms in total. The van der Waals surface area contributed by atoms with E-state index in [4.69, 9.17) is 15.2 Å². The molecule has 0 unspecified atom stereocenters. The normalized spacial score (nSPS) is 18.8. The Hall–Kier alpha value is -1.75. The lowest BCUT2D eigenvalue weighted by molar-refractivity contribution is -0.135. The van der Waals surface area contributed by atoms with E-state index in [1.54, 1.807) is 0 Å². The van der Waals surface area contributed by atoms with Gasteiger partial charge in [0.25, 0.3) is 0 Å². The zero-order chi connectivity index (χ0) is 13.3. The van der Waals surface area contributed by atoms with Crippen molar-refractivity contribution >= 4 is 5.91 Å². The number of rotatable bonds is 4. The highest BCUT2D eigenvalue weighted by atomic mass is 16.7. The summed E-state index contributed by atoms with van der Waals surface area (Å²) in [4.78, 5) is 12.2. The maximum Gasteiger partial charge on any atom is 0.231 e. The minimum atomic E-state index is -0.338. The molecule has 1 amide bonds. The highest BCUT2D eigenvalue weighted by Gasteiger charge is 2.42. The first-order valence-corrected chi connectivity index (χ1v) is 6.61. The zero-order valence-electron chi connectivity index (χ0n) is 10.8. The van der Waals surface area contributed by atoms with Crippen molar-refractivity contribution in [3.05, 3.63) is 23.8 Å². The molecule has 0 spiro atoms. The van der Waals surface area contributed by atoms with Crippen molar-refractivity contribution in [3.63, 3.8) is 0 Å². The average Bonchev–Trinajstić information content (AvgIpc) is 2.84. The number of nitrogens with one attached hydrogen (secondary N) is 1. The number of nitrogens with two attached hydrogens (primary N) is 1. The van der Waals surface area contributed by atoms with Crippen molar-refractivity contribution in [1.29, 1.82) is 0 Å². The maximum absolute atomic E-state index is 12.2. The second-order valence-electron chi connectivity index (χ2n) is 5.17. The molecule has 0 atom stereocenters. The third-order valence-electron chi connectivity index (χ3n) is 4.10. The first kappa shape index (κ1) is 12.3. The van der Waals surface area contributed by atoms with Crippen LogP contribution in [0.5, 0.6) is 11.5 Å². The molecule has 1 aromatic rings. The minimum absolute atomic E-state index is 0.0535. The van der Waals surface area contributed by atoms with Crippen molar-refractivity contribution < 1.29 is 14.3 Å². The topological polar surface area (TPSA) is 73.6 Å². The van der Waals surface area contributed by atoms with E-state index in [1.807, 2.05) is 18.2 Å². The molecule has 3 N–H and O–H groups in total. The number of carbonyl (C=O) groups excluding carboxylic acids is 1. The van der Waals surface area contributed by atoms with E-state index < -0.39 is 0 Å². The number of fused-ring (bicyclic) bond motifs is 1. The summed E-state index contributed by atoms with van der Waals surface area (Å²) >= 11 is 0. The summed E-state index contributed by atoms with van der Waals surface area (Å²) in [6.45, 7) is 1.12. The quantitative estimate of drug-likeness (QED) is 0.854. The van der Waals surface area contributed by atoms with Crippen molar-refractivity contribution in [2.24, 2.45) is 11.1 Å². The summed E-state index contributed by atoms with van der Waals surface area (Å²) in [5, 5.41) is 2.97. The molecule has 1 saturated carbocycles. The smallest absolute Gasteiger partial charge is 0.231 e. The molecule has 102 valence electrons. The summed E-state index contributed by atoms with van der Waals surface area (Å²) in [5.41, 5.74) is 6.33. The standard InChI is InChI=1S/C14H18N2O3/c15-8-14(5-2-6-14)13(17)16-7-10-3-1-4-11-12(10)19-9-18-11/h1,3-4H,2,5-9,15H2,(H,16,17). The van der Waals surface area contributed by atoms with Crippen LogP contribution in [0.3, 0.4) is 0 Å². The molecule has 1 aliphatic heterocycles. The number of para-hydroxylation sites is 1. The van der Waals surface area contributed by atoms with Gasteiger partial charge in [-0.15, -0.1) is 0 Å². The Balaban J connectivity index is 1.67. The molecule has 0 aromatic heterocycles. The molecule has 2 aliphatic rings. The van der Waals surface area contributed by atoms with E-state index in [-0.39, 0.29) is 18.1 Å². The predicted molar refractivity (Wildman–Crippen MR) is 69.8 cm³/mol. The summed E-state index contributed by atoms with van der Waals surface area (Å²) in [6, 6.07) is 5.70. The average molecular weight is 262 g/mol. The van der Waals surface area contributed by atoms with Crippen molar-refractivity contribution in [2.45, 2.75) is 25.8 Å². The van der Waals surface area contributed by atoms with Gasteiger partial charge in [-0.25, -0.2) is 0 Å². The Bertz CT molecular complexity index is 492.